The van der Waals surface area contributed by atoms with Gasteiger partial charge in [-0.2, -0.15) is 0 Å². The summed E-state index contributed by atoms with van der Waals surface area (Å²) >= 11 is 6.03. The van der Waals surface area contributed by atoms with Gasteiger partial charge >= 0.3 is 0 Å². The van der Waals surface area contributed by atoms with Crippen LogP contribution in [-0.2, 0) is 0 Å². The van der Waals surface area contributed by atoms with E-state index in [1.807, 2.05) is 0 Å². The van der Waals surface area contributed by atoms with Gasteiger partial charge in [0.1, 0.15) is 18.1 Å². The van der Waals surface area contributed by atoms with Crippen molar-refractivity contribution in [2.24, 2.45) is 0 Å². The van der Waals surface area contributed by atoms with Crippen molar-refractivity contribution in [3.8, 4) is 11.5 Å². The molecule has 1 heterocycles. The van der Waals surface area contributed by atoms with Gasteiger partial charge in [0.15, 0.2) is 0 Å². The highest BCUT2D eigenvalue weighted by molar-refractivity contribution is 6.31. The van der Waals surface area contributed by atoms with Gasteiger partial charge in [0, 0.05) is 10.6 Å². The average Bonchev–Trinajstić information content (AvgIpc) is 2.53. The monoisotopic (exact) mass is 303 g/mol. The Labute approximate surface area is 127 Å². The molecule has 2 aromatic rings. The molecule has 1 aliphatic heterocycles. The van der Waals surface area contributed by atoms with E-state index in [1.165, 1.54) is 0 Å². The van der Waals surface area contributed by atoms with Gasteiger partial charge in [-0.05, 0) is 36.4 Å². The Bertz CT molecular complexity index is 687. The second-order valence-corrected chi connectivity index (χ2v) is 5.09. The van der Waals surface area contributed by atoms with Crippen LogP contribution in [0.15, 0.2) is 42.5 Å². The number of carbonyl (C=O) groups is 1. The standard InChI is InChI=1S/C16H14ClNO3/c1-20-13-4-2-3-11(9-13)16(19)18-7-8-21-15-6-5-12(17)10-14(15)18/h2-6,9-10H,7-8H2,1H3. The van der Waals surface area contributed by atoms with Crippen molar-refractivity contribution in [3.05, 3.63) is 53.1 Å². The topological polar surface area (TPSA) is 38.8 Å². The van der Waals surface area contributed by atoms with E-state index < -0.39 is 0 Å². The number of carbonyl (C=O) groups excluding carboxylic acids is 1. The molecule has 1 amide bonds. The molecule has 0 bridgehead atoms. The second-order valence-electron chi connectivity index (χ2n) is 4.65. The maximum Gasteiger partial charge on any atom is 0.258 e. The van der Waals surface area contributed by atoms with Crippen molar-refractivity contribution < 1.29 is 14.3 Å². The third-order valence-electron chi connectivity index (χ3n) is 3.35. The number of rotatable bonds is 2. The number of ether oxygens (including phenoxy) is 2. The van der Waals surface area contributed by atoms with Crippen molar-refractivity contribution >= 4 is 23.2 Å². The number of methoxy groups -OCH3 is 1. The number of amides is 1. The zero-order valence-corrected chi connectivity index (χ0v) is 12.3. The fourth-order valence-corrected chi connectivity index (χ4v) is 2.48. The number of fused-ring (bicyclic) bond motifs is 1. The second kappa shape index (κ2) is 5.66. The number of nitrogens with zero attached hydrogens (tertiary/aromatic N) is 1. The highest BCUT2D eigenvalue weighted by Crippen LogP contribution is 2.35. The van der Waals surface area contributed by atoms with Gasteiger partial charge < -0.3 is 14.4 Å². The fourth-order valence-electron chi connectivity index (χ4n) is 2.31. The largest absolute Gasteiger partial charge is 0.497 e. The Kier molecular flexibility index (Phi) is 3.71. The zero-order chi connectivity index (χ0) is 14.8. The van der Waals surface area contributed by atoms with Gasteiger partial charge in [0.25, 0.3) is 5.91 Å². The molecule has 0 saturated heterocycles. The molecule has 0 saturated carbocycles. The Morgan fingerprint density at radius 3 is 2.95 bits per heavy atom. The molecule has 0 aromatic heterocycles. The van der Waals surface area contributed by atoms with Crippen LogP contribution < -0.4 is 14.4 Å². The van der Waals surface area contributed by atoms with Gasteiger partial charge in [-0.25, -0.2) is 0 Å². The smallest absolute Gasteiger partial charge is 0.258 e. The number of benzene rings is 2. The lowest BCUT2D eigenvalue weighted by Crippen LogP contribution is -2.37. The summed E-state index contributed by atoms with van der Waals surface area (Å²) in [5, 5.41) is 0.572. The van der Waals surface area contributed by atoms with E-state index in [9.17, 15) is 4.79 Å². The predicted octanol–water partition coefficient (Wildman–Crippen LogP) is 3.39. The maximum absolute atomic E-state index is 12.7. The third-order valence-corrected chi connectivity index (χ3v) is 3.58. The summed E-state index contributed by atoms with van der Waals surface area (Å²) in [6.45, 7) is 0.952. The van der Waals surface area contributed by atoms with Crippen molar-refractivity contribution in [3.63, 3.8) is 0 Å². The van der Waals surface area contributed by atoms with Gasteiger partial charge in [-0.15, -0.1) is 0 Å². The van der Waals surface area contributed by atoms with Crippen LogP contribution in [0.4, 0.5) is 5.69 Å². The number of anilines is 1. The van der Waals surface area contributed by atoms with Crippen LogP contribution in [0, 0.1) is 0 Å². The normalized spacial score (nSPS) is 13.3. The molecule has 1 aliphatic rings. The number of hydrogen-bond acceptors (Lipinski definition) is 3. The molecule has 108 valence electrons. The van der Waals surface area contributed by atoms with E-state index in [-0.39, 0.29) is 5.91 Å². The van der Waals surface area contributed by atoms with E-state index in [0.717, 1.165) is 0 Å². The van der Waals surface area contributed by atoms with Crippen LogP contribution in [-0.4, -0.2) is 26.2 Å². The average molecular weight is 304 g/mol. The molecule has 0 fully saturated rings. The Balaban J connectivity index is 1.97. The lowest BCUT2D eigenvalue weighted by atomic mass is 10.1. The SMILES string of the molecule is COc1cccc(C(=O)N2CCOc3ccc(Cl)cc32)c1. The van der Waals surface area contributed by atoms with Crippen molar-refractivity contribution in [2.75, 3.05) is 25.2 Å². The minimum atomic E-state index is -0.0966. The predicted molar refractivity (Wildman–Crippen MR) is 81.6 cm³/mol. The molecule has 5 heteroatoms. The van der Waals surface area contributed by atoms with Crippen LogP contribution in [0.25, 0.3) is 0 Å². The molecule has 0 aliphatic carbocycles. The lowest BCUT2D eigenvalue weighted by molar-refractivity contribution is 0.0976. The van der Waals surface area contributed by atoms with Gasteiger partial charge in [-0.3, -0.25) is 4.79 Å². The molecule has 0 N–H and O–H groups in total. The first-order valence-corrected chi connectivity index (χ1v) is 6.95. The molecule has 4 nitrogen and oxygen atoms in total. The van der Waals surface area contributed by atoms with Crippen LogP contribution in [0.5, 0.6) is 11.5 Å². The highest BCUT2D eigenvalue weighted by Gasteiger charge is 2.25. The first-order chi connectivity index (χ1) is 10.2. The Hall–Kier alpha value is -2.20. The minimum absolute atomic E-state index is 0.0966. The molecule has 2 aromatic carbocycles. The maximum atomic E-state index is 12.7. The third kappa shape index (κ3) is 2.67. The van der Waals surface area contributed by atoms with Crippen LogP contribution in [0.3, 0.4) is 0 Å². The number of halogens is 1. The van der Waals surface area contributed by atoms with Crippen molar-refractivity contribution in [1.29, 1.82) is 0 Å². The van der Waals surface area contributed by atoms with E-state index >= 15 is 0 Å². The van der Waals surface area contributed by atoms with Crippen LogP contribution >= 0.6 is 11.6 Å². The van der Waals surface area contributed by atoms with Crippen molar-refractivity contribution in [2.45, 2.75) is 0 Å². The minimum Gasteiger partial charge on any atom is -0.497 e. The van der Waals surface area contributed by atoms with Gasteiger partial charge in [0.2, 0.25) is 0 Å². The summed E-state index contributed by atoms with van der Waals surface area (Å²) in [5.41, 5.74) is 1.27. The first kappa shape index (κ1) is 13.8. The van der Waals surface area contributed by atoms with E-state index in [2.05, 4.69) is 0 Å². The molecule has 21 heavy (non-hydrogen) atoms. The van der Waals surface area contributed by atoms with Crippen LogP contribution in [0.1, 0.15) is 10.4 Å². The molecular formula is C16H14ClNO3. The molecule has 0 unspecified atom stereocenters. The highest BCUT2D eigenvalue weighted by atomic mass is 35.5. The Morgan fingerprint density at radius 2 is 2.14 bits per heavy atom. The van der Waals surface area contributed by atoms with Crippen LogP contribution in [0.2, 0.25) is 5.02 Å². The quantitative estimate of drug-likeness (QED) is 0.853. The first-order valence-electron chi connectivity index (χ1n) is 6.57. The summed E-state index contributed by atoms with van der Waals surface area (Å²) in [6, 6.07) is 12.4. The molecule has 0 radical (unpaired) electrons. The Morgan fingerprint density at radius 1 is 1.29 bits per heavy atom. The molecule has 3 rings (SSSR count). The summed E-state index contributed by atoms with van der Waals surface area (Å²) in [7, 11) is 1.58. The molecule has 0 atom stereocenters. The summed E-state index contributed by atoms with van der Waals surface area (Å²) < 4.78 is 10.7. The molecular weight excluding hydrogens is 290 g/mol. The summed E-state index contributed by atoms with van der Waals surface area (Å²) in [5.74, 6) is 1.23. The summed E-state index contributed by atoms with van der Waals surface area (Å²) in [4.78, 5) is 14.4. The van der Waals surface area contributed by atoms with Gasteiger partial charge in [-0.1, -0.05) is 17.7 Å². The summed E-state index contributed by atoms with van der Waals surface area (Å²) in [6.07, 6.45) is 0. The van der Waals surface area contributed by atoms with E-state index in [0.29, 0.717) is 40.9 Å². The zero-order valence-electron chi connectivity index (χ0n) is 11.5. The fraction of sp³-hybridized carbons (Fsp3) is 0.188. The van der Waals surface area contributed by atoms with Crippen molar-refractivity contribution in [1.82, 2.24) is 0 Å². The van der Waals surface area contributed by atoms with Gasteiger partial charge in [0.05, 0.1) is 19.3 Å². The number of hydrogen-bond donors (Lipinski definition) is 0. The van der Waals surface area contributed by atoms with E-state index in [4.69, 9.17) is 21.1 Å². The van der Waals surface area contributed by atoms with E-state index in [1.54, 1.807) is 54.5 Å². The lowest BCUT2D eigenvalue weighted by Gasteiger charge is -2.29. The molecule has 0 spiro atoms.